The monoisotopic (exact) mass is 447 g/mol. The van der Waals surface area contributed by atoms with Gasteiger partial charge in [0.05, 0.1) is 5.41 Å². The Balaban J connectivity index is 1.39. The van der Waals surface area contributed by atoms with Gasteiger partial charge in [-0.05, 0) is 69.8 Å². The summed E-state index contributed by atoms with van der Waals surface area (Å²) >= 11 is 3.94. The SMILES string of the molecule is CC(C)N(Cc1ccccc1)C(=O)COC(=O)C12C[C@@H]3C[C@@H](CC(Br)(C3)C1)C2. The largest absolute Gasteiger partial charge is 0.455 e. The molecule has 152 valence electrons. The molecule has 0 spiro atoms. The molecule has 0 heterocycles. The van der Waals surface area contributed by atoms with E-state index in [4.69, 9.17) is 4.74 Å². The number of hydrogen-bond acceptors (Lipinski definition) is 3. The Morgan fingerprint density at radius 3 is 2.36 bits per heavy atom. The van der Waals surface area contributed by atoms with Gasteiger partial charge in [-0.3, -0.25) is 9.59 Å². The van der Waals surface area contributed by atoms with Crippen LogP contribution in [0.1, 0.15) is 57.9 Å². The summed E-state index contributed by atoms with van der Waals surface area (Å²) in [5.41, 5.74) is 0.703. The minimum absolute atomic E-state index is 0.0526. The number of nitrogens with zero attached hydrogens (tertiary/aromatic N) is 1. The number of carbonyl (C=O) groups excluding carboxylic acids is 2. The summed E-state index contributed by atoms with van der Waals surface area (Å²) in [6.45, 7) is 4.37. The molecule has 4 nitrogen and oxygen atoms in total. The maximum absolute atomic E-state index is 13.1. The summed E-state index contributed by atoms with van der Waals surface area (Å²) < 4.78 is 5.76. The van der Waals surface area contributed by atoms with Crippen molar-refractivity contribution in [3.05, 3.63) is 35.9 Å². The number of alkyl halides is 1. The molecule has 0 aromatic heterocycles. The predicted molar refractivity (Wildman–Crippen MR) is 112 cm³/mol. The highest BCUT2D eigenvalue weighted by atomic mass is 79.9. The summed E-state index contributed by atoms with van der Waals surface area (Å²) in [5.74, 6) is 0.968. The molecule has 0 aliphatic heterocycles. The van der Waals surface area contributed by atoms with Crippen molar-refractivity contribution in [2.75, 3.05) is 6.61 Å². The lowest BCUT2D eigenvalue weighted by molar-refractivity contribution is -0.173. The van der Waals surface area contributed by atoms with Crippen LogP contribution in [-0.4, -0.2) is 33.7 Å². The predicted octanol–water partition coefficient (Wildman–Crippen LogP) is 4.70. The van der Waals surface area contributed by atoms with E-state index in [2.05, 4.69) is 15.9 Å². The fraction of sp³-hybridized carbons (Fsp3) is 0.652. The van der Waals surface area contributed by atoms with Gasteiger partial charge in [0.2, 0.25) is 0 Å². The maximum atomic E-state index is 13.1. The van der Waals surface area contributed by atoms with Crippen LogP contribution in [0.25, 0.3) is 0 Å². The van der Waals surface area contributed by atoms with Crippen molar-refractivity contribution in [2.45, 2.75) is 69.3 Å². The maximum Gasteiger partial charge on any atom is 0.312 e. The highest BCUT2D eigenvalue weighted by Crippen LogP contribution is 2.64. The van der Waals surface area contributed by atoms with Crippen molar-refractivity contribution in [3.63, 3.8) is 0 Å². The first kappa shape index (κ1) is 19.9. The summed E-state index contributed by atoms with van der Waals surface area (Å²) in [4.78, 5) is 27.7. The van der Waals surface area contributed by atoms with Gasteiger partial charge in [-0.2, -0.15) is 0 Å². The number of halogens is 1. The average Bonchev–Trinajstić information content (AvgIpc) is 2.62. The molecule has 4 atom stereocenters. The van der Waals surface area contributed by atoms with E-state index in [1.807, 2.05) is 44.2 Å². The van der Waals surface area contributed by atoms with Crippen LogP contribution < -0.4 is 0 Å². The number of esters is 1. The van der Waals surface area contributed by atoms with Gasteiger partial charge in [0.1, 0.15) is 0 Å². The normalized spacial score (nSPS) is 33.1. The van der Waals surface area contributed by atoms with Crippen LogP contribution in [-0.2, 0) is 20.9 Å². The van der Waals surface area contributed by atoms with Crippen molar-refractivity contribution in [1.29, 1.82) is 0 Å². The van der Waals surface area contributed by atoms with E-state index < -0.39 is 0 Å². The van der Waals surface area contributed by atoms with E-state index in [1.165, 1.54) is 19.3 Å². The van der Waals surface area contributed by atoms with Crippen LogP contribution in [0.2, 0.25) is 0 Å². The molecule has 0 saturated heterocycles. The molecule has 4 aliphatic rings. The molecule has 0 N–H and O–H groups in total. The quantitative estimate of drug-likeness (QED) is 0.468. The Labute approximate surface area is 176 Å². The Bertz CT molecular complexity index is 733. The van der Waals surface area contributed by atoms with Crippen molar-refractivity contribution >= 4 is 27.8 Å². The van der Waals surface area contributed by atoms with Crippen molar-refractivity contribution < 1.29 is 14.3 Å². The average molecular weight is 448 g/mol. The molecule has 5 rings (SSSR count). The number of amides is 1. The van der Waals surface area contributed by atoms with Crippen molar-refractivity contribution in [1.82, 2.24) is 4.90 Å². The van der Waals surface area contributed by atoms with E-state index in [-0.39, 0.29) is 34.3 Å². The van der Waals surface area contributed by atoms with Crippen molar-refractivity contribution in [2.24, 2.45) is 17.3 Å². The second kappa shape index (κ2) is 7.47. The molecule has 1 aromatic rings. The molecule has 28 heavy (non-hydrogen) atoms. The molecular formula is C23H30BrNO3. The van der Waals surface area contributed by atoms with Crippen LogP contribution in [0.15, 0.2) is 30.3 Å². The molecule has 0 radical (unpaired) electrons. The fourth-order valence-electron chi connectivity index (χ4n) is 6.09. The molecule has 2 unspecified atom stereocenters. The second-order valence-electron chi connectivity index (χ2n) is 9.57. The molecule has 1 amide bonds. The Morgan fingerprint density at radius 2 is 1.79 bits per heavy atom. The molecule has 4 fully saturated rings. The third-order valence-electron chi connectivity index (χ3n) is 6.89. The first-order valence-electron chi connectivity index (χ1n) is 10.5. The number of rotatable bonds is 6. The Kier molecular flexibility index (Phi) is 5.32. The fourth-order valence-corrected chi connectivity index (χ4v) is 7.54. The van der Waals surface area contributed by atoms with Crippen molar-refractivity contribution in [3.8, 4) is 0 Å². The first-order chi connectivity index (χ1) is 13.3. The van der Waals surface area contributed by atoms with Crippen LogP contribution in [0, 0.1) is 17.3 Å². The van der Waals surface area contributed by atoms with Crippen LogP contribution in [0.3, 0.4) is 0 Å². The highest BCUT2D eigenvalue weighted by molar-refractivity contribution is 9.10. The van der Waals surface area contributed by atoms with E-state index in [1.54, 1.807) is 4.90 Å². The summed E-state index contributed by atoms with van der Waals surface area (Å²) in [6, 6.07) is 9.99. The number of hydrogen-bond donors (Lipinski definition) is 0. The molecule has 4 aliphatic carbocycles. The first-order valence-corrected chi connectivity index (χ1v) is 11.3. The van der Waals surface area contributed by atoms with Gasteiger partial charge in [-0.1, -0.05) is 46.3 Å². The van der Waals surface area contributed by atoms with Gasteiger partial charge in [0.15, 0.2) is 6.61 Å². The van der Waals surface area contributed by atoms with E-state index in [0.717, 1.165) is 24.8 Å². The summed E-state index contributed by atoms with van der Waals surface area (Å²) in [5, 5.41) is 0. The molecule has 4 saturated carbocycles. The van der Waals surface area contributed by atoms with Gasteiger partial charge in [0.25, 0.3) is 5.91 Å². The lowest BCUT2D eigenvalue weighted by Crippen LogP contribution is -2.56. The van der Waals surface area contributed by atoms with Gasteiger partial charge in [-0.15, -0.1) is 0 Å². The molecule has 5 heteroatoms. The zero-order valence-electron chi connectivity index (χ0n) is 16.8. The lowest BCUT2D eigenvalue weighted by Gasteiger charge is -2.58. The molecule has 4 bridgehead atoms. The smallest absolute Gasteiger partial charge is 0.312 e. The van der Waals surface area contributed by atoms with E-state index in [9.17, 15) is 9.59 Å². The van der Waals surface area contributed by atoms with Crippen LogP contribution in [0.4, 0.5) is 0 Å². The Hall–Kier alpha value is -1.36. The van der Waals surface area contributed by atoms with E-state index in [0.29, 0.717) is 18.4 Å². The van der Waals surface area contributed by atoms with Gasteiger partial charge in [-0.25, -0.2) is 0 Å². The third-order valence-corrected chi connectivity index (χ3v) is 7.82. The van der Waals surface area contributed by atoms with E-state index >= 15 is 0 Å². The second-order valence-corrected chi connectivity index (χ2v) is 11.3. The summed E-state index contributed by atoms with van der Waals surface area (Å²) in [6.07, 6.45) is 6.33. The highest BCUT2D eigenvalue weighted by Gasteiger charge is 2.60. The topological polar surface area (TPSA) is 46.6 Å². The zero-order chi connectivity index (χ0) is 19.9. The third kappa shape index (κ3) is 3.87. The number of benzene rings is 1. The molecular weight excluding hydrogens is 418 g/mol. The minimum atomic E-state index is -0.379. The molecule has 1 aromatic carbocycles. The summed E-state index contributed by atoms with van der Waals surface area (Å²) in [7, 11) is 0. The standard InChI is InChI=1S/C23H30BrNO3/c1-16(2)25(13-17-6-4-3-5-7-17)20(26)14-28-21(27)22-9-18-8-19(10-22)12-23(24,11-18)15-22/h3-7,16,18-19H,8-15H2,1-2H3/t18-,19+,22?,23?. The van der Waals surface area contributed by atoms with Gasteiger partial charge in [0, 0.05) is 16.9 Å². The lowest BCUT2D eigenvalue weighted by atomic mass is 9.49. The van der Waals surface area contributed by atoms with Crippen LogP contribution in [0.5, 0.6) is 0 Å². The Morgan fingerprint density at radius 1 is 1.14 bits per heavy atom. The van der Waals surface area contributed by atoms with Crippen LogP contribution >= 0.6 is 15.9 Å². The van der Waals surface area contributed by atoms with Gasteiger partial charge >= 0.3 is 5.97 Å². The minimum Gasteiger partial charge on any atom is -0.455 e. The zero-order valence-corrected chi connectivity index (χ0v) is 18.4. The number of carbonyl (C=O) groups is 2. The number of ether oxygens (including phenoxy) is 1. The van der Waals surface area contributed by atoms with Gasteiger partial charge < -0.3 is 9.64 Å².